The first-order valence-corrected chi connectivity index (χ1v) is 10.7. The molecule has 1 atom stereocenters. The van der Waals surface area contributed by atoms with E-state index in [4.69, 9.17) is 4.74 Å². The van der Waals surface area contributed by atoms with Crippen LogP contribution < -0.4 is 5.32 Å². The molecule has 1 amide bonds. The summed E-state index contributed by atoms with van der Waals surface area (Å²) < 4.78 is 5.47. The summed E-state index contributed by atoms with van der Waals surface area (Å²) in [5.74, 6) is 2.28. The van der Waals surface area contributed by atoms with Crippen LogP contribution in [0.15, 0.2) is 4.99 Å². The highest BCUT2D eigenvalue weighted by Gasteiger charge is 2.29. The van der Waals surface area contributed by atoms with E-state index < -0.39 is 0 Å². The van der Waals surface area contributed by atoms with Crippen LogP contribution in [0.4, 0.5) is 0 Å². The third-order valence-corrected chi connectivity index (χ3v) is 6.23. The Morgan fingerprint density at radius 3 is 2.56 bits per heavy atom. The van der Waals surface area contributed by atoms with Crippen molar-refractivity contribution >= 4 is 11.9 Å². The Morgan fingerprint density at radius 1 is 1.19 bits per heavy atom. The number of hydrogen-bond acceptors (Lipinski definition) is 4. The van der Waals surface area contributed by atoms with Gasteiger partial charge in [-0.25, -0.2) is 0 Å². The molecule has 2 heterocycles. The molecule has 1 saturated carbocycles. The number of piperazine rings is 1. The lowest BCUT2D eigenvalue weighted by Crippen LogP contribution is -2.52. The van der Waals surface area contributed by atoms with E-state index >= 15 is 0 Å². The van der Waals surface area contributed by atoms with E-state index in [2.05, 4.69) is 32.1 Å². The number of ether oxygens (including phenoxy) is 1. The van der Waals surface area contributed by atoms with Crippen molar-refractivity contribution in [3.8, 4) is 0 Å². The second-order valence-electron chi connectivity index (χ2n) is 8.23. The van der Waals surface area contributed by atoms with Crippen LogP contribution in [-0.2, 0) is 9.53 Å². The highest BCUT2D eigenvalue weighted by Crippen LogP contribution is 2.26. The minimum absolute atomic E-state index is 0.308. The zero-order valence-electron chi connectivity index (χ0n) is 17.2. The Kier molecular flexibility index (Phi) is 7.76. The van der Waals surface area contributed by atoms with E-state index in [0.29, 0.717) is 17.7 Å². The monoisotopic (exact) mass is 379 g/mol. The molecule has 0 radical (unpaired) electrons. The SMILES string of the molecule is CN=C(NCCN1CCN(C(=O)C2CCCC2)CC1)N(C)CC1CCOC1. The predicted octanol–water partition coefficient (Wildman–Crippen LogP) is 0.865. The van der Waals surface area contributed by atoms with E-state index in [9.17, 15) is 4.79 Å². The predicted molar refractivity (Wildman–Crippen MR) is 108 cm³/mol. The highest BCUT2D eigenvalue weighted by molar-refractivity contribution is 5.79. The Morgan fingerprint density at radius 2 is 1.93 bits per heavy atom. The lowest BCUT2D eigenvalue weighted by Gasteiger charge is -2.36. The number of guanidine groups is 1. The van der Waals surface area contributed by atoms with E-state index in [1.54, 1.807) is 0 Å². The van der Waals surface area contributed by atoms with Crippen molar-refractivity contribution in [3.05, 3.63) is 0 Å². The smallest absolute Gasteiger partial charge is 0.225 e. The first-order valence-electron chi connectivity index (χ1n) is 10.7. The number of carbonyl (C=O) groups is 1. The van der Waals surface area contributed by atoms with Gasteiger partial charge in [0.2, 0.25) is 5.91 Å². The first kappa shape index (κ1) is 20.4. The maximum absolute atomic E-state index is 12.5. The number of amides is 1. The number of rotatable bonds is 6. The second-order valence-corrected chi connectivity index (χ2v) is 8.23. The molecule has 1 N–H and O–H groups in total. The van der Waals surface area contributed by atoms with Crippen molar-refractivity contribution < 1.29 is 9.53 Å². The fourth-order valence-corrected chi connectivity index (χ4v) is 4.53. The summed E-state index contributed by atoms with van der Waals surface area (Å²) >= 11 is 0. The number of nitrogens with zero attached hydrogens (tertiary/aromatic N) is 4. The maximum atomic E-state index is 12.5. The van der Waals surface area contributed by atoms with Crippen LogP contribution >= 0.6 is 0 Å². The summed E-state index contributed by atoms with van der Waals surface area (Å²) in [6, 6.07) is 0. The lowest BCUT2D eigenvalue weighted by molar-refractivity contribution is -0.137. The third kappa shape index (κ3) is 5.82. The van der Waals surface area contributed by atoms with Crippen LogP contribution in [-0.4, -0.2) is 99.7 Å². The van der Waals surface area contributed by atoms with Gasteiger partial charge >= 0.3 is 0 Å². The fourth-order valence-electron chi connectivity index (χ4n) is 4.53. The summed E-state index contributed by atoms with van der Waals surface area (Å²) in [7, 11) is 3.94. The van der Waals surface area contributed by atoms with Crippen molar-refractivity contribution in [1.29, 1.82) is 0 Å². The molecular formula is C20H37N5O2. The van der Waals surface area contributed by atoms with Gasteiger partial charge in [0.05, 0.1) is 6.61 Å². The number of hydrogen-bond donors (Lipinski definition) is 1. The van der Waals surface area contributed by atoms with Crippen LogP contribution in [0.5, 0.6) is 0 Å². The van der Waals surface area contributed by atoms with E-state index in [1.807, 2.05) is 7.05 Å². The Balaban J connectivity index is 1.32. The molecule has 1 unspecified atom stereocenters. The molecule has 2 saturated heterocycles. The molecule has 0 aromatic heterocycles. The van der Waals surface area contributed by atoms with Gasteiger partial charge in [-0.3, -0.25) is 14.7 Å². The van der Waals surface area contributed by atoms with Crippen molar-refractivity contribution in [1.82, 2.24) is 20.0 Å². The van der Waals surface area contributed by atoms with Gasteiger partial charge in [-0.15, -0.1) is 0 Å². The summed E-state index contributed by atoms with van der Waals surface area (Å²) in [4.78, 5) is 23.7. The first-order chi connectivity index (χ1) is 13.2. The van der Waals surface area contributed by atoms with Crippen molar-refractivity contribution in [2.45, 2.75) is 32.1 Å². The minimum Gasteiger partial charge on any atom is -0.381 e. The van der Waals surface area contributed by atoms with Crippen LogP contribution in [0, 0.1) is 11.8 Å². The zero-order chi connectivity index (χ0) is 19.1. The van der Waals surface area contributed by atoms with Crippen molar-refractivity contribution in [2.24, 2.45) is 16.8 Å². The van der Waals surface area contributed by atoms with Gasteiger partial charge in [0, 0.05) is 78.4 Å². The third-order valence-electron chi connectivity index (χ3n) is 6.23. The molecule has 3 fully saturated rings. The minimum atomic E-state index is 0.308. The molecule has 3 rings (SSSR count). The van der Waals surface area contributed by atoms with E-state index in [0.717, 1.165) is 84.2 Å². The maximum Gasteiger partial charge on any atom is 0.225 e. The Hall–Kier alpha value is -1.34. The summed E-state index contributed by atoms with van der Waals surface area (Å²) in [6.45, 7) is 8.34. The van der Waals surface area contributed by atoms with Gasteiger partial charge in [0.25, 0.3) is 0 Å². The number of nitrogens with one attached hydrogen (secondary N) is 1. The normalized spacial score (nSPS) is 25.2. The Bertz CT molecular complexity index is 493. The standard InChI is InChI=1S/C20H37N5O2/c1-21-20(23(2)15-17-7-14-27-16-17)22-8-9-24-10-12-25(13-11-24)19(26)18-5-3-4-6-18/h17-18H,3-16H2,1-2H3,(H,21,22). The molecule has 0 aromatic carbocycles. The van der Waals surface area contributed by atoms with E-state index in [1.165, 1.54) is 12.8 Å². The molecule has 27 heavy (non-hydrogen) atoms. The molecule has 3 aliphatic rings. The zero-order valence-corrected chi connectivity index (χ0v) is 17.2. The molecule has 7 nitrogen and oxygen atoms in total. The molecule has 2 aliphatic heterocycles. The van der Waals surface area contributed by atoms with E-state index in [-0.39, 0.29) is 0 Å². The van der Waals surface area contributed by atoms with Gasteiger partial charge in [0.15, 0.2) is 5.96 Å². The quantitative estimate of drug-likeness (QED) is 0.548. The van der Waals surface area contributed by atoms with Crippen LogP contribution in [0.2, 0.25) is 0 Å². The highest BCUT2D eigenvalue weighted by atomic mass is 16.5. The van der Waals surface area contributed by atoms with Crippen LogP contribution in [0.3, 0.4) is 0 Å². The van der Waals surface area contributed by atoms with Gasteiger partial charge < -0.3 is 19.9 Å². The van der Waals surface area contributed by atoms with Gasteiger partial charge in [-0.2, -0.15) is 0 Å². The molecule has 0 bridgehead atoms. The van der Waals surface area contributed by atoms with Gasteiger partial charge in [0.1, 0.15) is 0 Å². The molecule has 0 aromatic rings. The van der Waals surface area contributed by atoms with Crippen molar-refractivity contribution in [2.75, 3.05) is 73.1 Å². The second kappa shape index (κ2) is 10.3. The largest absolute Gasteiger partial charge is 0.381 e. The lowest BCUT2D eigenvalue weighted by atomic mass is 10.1. The summed E-state index contributed by atoms with van der Waals surface area (Å²) in [5, 5.41) is 3.48. The summed E-state index contributed by atoms with van der Waals surface area (Å²) in [6.07, 6.45) is 5.80. The number of aliphatic imine (C=N–C) groups is 1. The molecular weight excluding hydrogens is 342 g/mol. The average molecular weight is 380 g/mol. The summed E-state index contributed by atoms with van der Waals surface area (Å²) in [5.41, 5.74) is 0. The molecule has 0 spiro atoms. The number of carbonyl (C=O) groups excluding carboxylic acids is 1. The van der Waals surface area contributed by atoms with Crippen LogP contribution in [0.25, 0.3) is 0 Å². The van der Waals surface area contributed by atoms with Crippen molar-refractivity contribution in [3.63, 3.8) is 0 Å². The fraction of sp³-hybridized carbons (Fsp3) is 0.900. The molecule has 7 heteroatoms. The average Bonchev–Trinajstić information content (AvgIpc) is 3.39. The topological polar surface area (TPSA) is 60.4 Å². The van der Waals surface area contributed by atoms with Gasteiger partial charge in [-0.1, -0.05) is 12.8 Å². The molecule has 154 valence electrons. The van der Waals surface area contributed by atoms with Crippen LogP contribution in [0.1, 0.15) is 32.1 Å². The Labute approximate surface area is 164 Å². The van der Waals surface area contributed by atoms with Gasteiger partial charge in [-0.05, 0) is 19.3 Å². The molecule has 1 aliphatic carbocycles.